The quantitative estimate of drug-likeness (QED) is 0.644. The van der Waals surface area contributed by atoms with E-state index in [2.05, 4.69) is 4.98 Å². The van der Waals surface area contributed by atoms with Gasteiger partial charge in [-0.1, -0.05) is 0 Å². The molecule has 0 amide bonds. The lowest BCUT2D eigenvalue weighted by molar-refractivity contribution is 0.0970. The Bertz CT molecular complexity index is 410. The molecule has 1 N–H and O–H groups in total. The Kier molecular flexibility index (Phi) is 5.52. The van der Waals surface area contributed by atoms with Gasteiger partial charge in [0, 0.05) is 32.6 Å². The van der Waals surface area contributed by atoms with Crippen LogP contribution in [0.4, 0.5) is 0 Å². The van der Waals surface area contributed by atoms with Gasteiger partial charge in [-0.2, -0.15) is 0 Å². The Morgan fingerprint density at radius 1 is 1.31 bits per heavy atom. The van der Waals surface area contributed by atoms with Crippen LogP contribution in [0, 0.1) is 0 Å². The molecule has 0 aliphatic carbocycles. The Morgan fingerprint density at radius 3 is 2.81 bits per heavy atom. The molecule has 0 aliphatic rings. The van der Waals surface area contributed by atoms with Gasteiger partial charge < -0.3 is 9.47 Å². The number of nitrogens with one attached hydrogen (secondary N) is 1. The van der Waals surface area contributed by atoms with Crippen LogP contribution in [0.5, 0.6) is 0 Å². The van der Waals surface area contributed by atoms with Gasteiger partial charge in [0.2, 0.25) is 0 Å². The molecule has 16 heavy (non-hydrogen) atoms. The van der Waals surface area contributed by atoms with Crippen LogP contribution in [0.25, 0.3) is 0 Å². The first-order valence-corrected chi connectivity index (χ1v) is 5.10. The summed E-state index contributed by atoms with van der Waals surface area (Å²) in [7, 11) is 1.64. The van der Waals surface area contributed by atoms with Gasteiger partial charge in [-0.05, 0) is 6.42 Å². The molecule has 0 unspecified atom stereocenters. The smallest absolute Gasteiger partial charge is 0.328 e. The maximum absolute atomic E-state index is 11.2. The highest BCUT2D eigenvalue weighted by Crippen LogP contribution is 1.85. The van der Waals surface area contributed by atoms with E-state index in [-0.39, 0.29) is 5.56 Å². The van der Waals surface area contributed by atoms with E-state index in [1.807, 2.05) is 0 Å². The third kappa shape index (κ3) is 4.41. The van der Waals surface area contributed by atoms with Crippen LogP contribution in [-0.2, 0) is 16.0 Å². The summed E-state index contributed by atoms with van der Waals surface area (Å²) in [6, 6.07) is 1.31. The van der Waals surface area contributed by atoms with Crippen molar-refractivity contribution in [1.29, 1.82) is 0 Å². The van der Waals surface area contributed by atoms with Crippen molar-refractivity contribution in [3.05, 3.63) is 33.1 Å². The zero-order valence-corrected chi connectivity index (χ0v) is 9.27. The average Bonchev–Trinajstić information content (AvgIpc) is 2.26. The summed E-state index contributed by atoms with van der Waals surface area (Å²) in [5, 5.41) is 0. The molecule has 0 fully saturated rings. The molecule has 0 bridgehead atoms. The van der Waals surface area contributed by atoms with Gasteiger partial charge in [-0.15, -0.1) is 0 Å². The maximum atomic E-state index is 11.2. The van der Waals surface area contributed by atoms with E-state index in [9.17, 15) is 9.59 Å². The number of nitrogens with zero attached hydrogens (tertiary/aromatic N) is 1. The van der Waals surface area contributed by atoms with Gasteiger partial charge in [0.25, 0.3) is 5.56 Å². The summed E-state index contributed by atoms with van der Waals surface area (Å²) in [5.41, 5.74) is -0.796. The van der Waals surface area contributed by atoms with Crippen molar-refractivity contribution >= 4 is 0 Å². The van der Waals surface area contributed by atoms with Crippen molar-refractivity contribution in [3.8, 4) is 0 Å². The Morgan fingerprint density at radius 2 is 2.12 bits per heavy atom. The SMILES string of the molecule is COCCCOCCn1ccc(=O)[nH]c1=O. The second-order valence-electron chi connectivity index (χ2n) is 3.26. The zero-order chi connectivity index (χ0) is 11.8. The fraction of sp³-hybridized carbons (Fsp3) is 0.600. The zero-order valence-electron chi connectivity index (χ0n) is 9.27. The summed E-state index contributed by atoms with van der Waals surface area (Å²) in [4.78, 5) is 24.2. The highest BCUT2D eigenvalue weighted by molar-refractivity contribution is 4.82. The third-order valence-corrected chi connectivity index (χ3v) is 2.01. The average molecular weight is 228 g/mol. The van der Waals surface area contributed by atoms with Gasteiger partial charge in [-0.25, -0.2) is 4.79 Å². The number of hydrogen-bond acceptors (Lipinski definition) is 4. The highest BCUT2D eigenvalue weighted by Gasteiger charge is 1.96. The summed E-state index contributed by atoms with van der Waals surface area (Å²) in [6.07, 6.45) is 2.29. The number of methoxy groups -OCH3 is 1. The van der Waals surface area contributed by atoms with Crippen LogP contribution in [-0.4, -0.2) is 36.5 Å². The first-order chi connectivity index (χ1) is 7.74. The molecular weight excluding hydrogens is 212 g/mol. The molecule has 0 aromatic carbocycles. The lowest BCUT2D eigenvalue weighted by Gasteiger charge is -2.05. The van der Waals surface area contributed by atoms with Crippen LogP contribution in [0.15, 0.2) is 21.9 Å². The van der Waals surface area contributed by atoms with Crippen molar-refractivity contribution in [2.75, 3.05) is 26.9 Å². The molecule has 6 heteroatoms. The fourth-order valence-electron chi connectivity index (χ4n) is 1.19. The molecule has 1 aromatic rings. The number of aromatic amines is 1. The molecule has 0 saturated carbocycles. The van der Waals surface area contributed by atoms with E-state index in [4.69, 9.17) is 9.47 Å². The molecule has 0 atom stereocenters. The van der Waals surface area contributed by atoms with E-state index in [0.29, 0.717) is 26.4 Å². The number of ether oxygens (including phenoxy) is 2. The van der Waals surface area contributed by atoms with Crippen LogP contribution >= 0.6 is 0 Å². The maximum Gasteiger partial charge on any atom is 0.328 e. The minimum absolute atomic E-state index is 0.387. The summed E-state index contributed by atoms with van der Waals surface area (Å²) < 4.78 is 11.6. The number of hydrogen-bond donors (Lipinski definition) is 1. The van der Waals surface area contributed by atoms with Crippen molar-refractivity contribution in [1.82, 2.24) is 9.55 Å². The van der Waals surface area contributed by atoms with Crippen molar-refractivity contribution in [3.63, 3.8) is 0 Å². The molecule has 0 aliphatic heterocycles. The monoisotopic (exact) mass is 228 g/mol. The Hall–Kier alpha value is -1.40. The molecule has 1 heterocycles. The highest BCUT2D eigenvalue weighted by atomic mass is 16.5. The fourth-order valence-corrected chi connectivity index (χ4v) is 1.19. The summed E-state index contributed by atoms with van der Waals surface area (Å²) in [5.74, 6) is 0. The van der Waals surface area contributed by atoms with Crippen LogP contribution < -0.4 is 11.2 Å². The predicted molar refractivity (Wildman–Crippen MR) is 58.6 cm³/mol. The molecule has 90 valence electrons. The van der Waals surface area contributed by atoms with E-state index in [1.165, 1.54) is 16.8 Å². The van der Waals surface area contributed by atoms with E-state index in [1.54, 1.807) is 7.11 Å². The first-order valence-electron chi connectivity index (χ1n) is 5.10. The Balaban J connectivity index is 2.27. The molecule has 6 nitrogen and oxygen atoms in total. The van der Waals surface area contributed by atoms with Gasteiger partial charge in [-0.3, -0.25) is 14.3 Å². The van der Waals surface area contributed by atoms with Gasteiger partial charge in [0.05, 0.1) is 13.2 Å². The van der Waals surface area contributed by atoms with Crippen LogP contribution in [0.3, 0.4) is 0 Å². The minimum Gasteiger partial charge on any atom is -0.385 e. The van der Waals surface area contributed by atoms with Crippen LogP contribution in [0.2, 0.25) is 0 Å². The molecule has 0 saturated heterocycles. The molecule has 1 rings (SSSR count). The van der Waals surface area contributed by atoms with Gasteiger partial charge in [0.15, 0.2) is 0 Å². The summed E-state index contributed by atoms with van der Waals surface area (Å²) in [6.45, 7) is 2.14. The van der Waals surface area contributed by atoms with Gasteiger partial charge >= 0.3 is 5.69 Å². The number of H-pyrrole nitrogens is 1. The van der Waals surface area contributed by atoms with E-state index >= 15 is 0 Å². The minimum atomic E-state index is -0.409. The lowest BCUT2D eigenvalue weighted by atomic mass is 10.5. The standard InChI is InChI=1S/C10H16N2O4/c1-15-6-2-7-16-8-5-12-4-3-9(13)11-10(12)14/h3-4H,2,5-8H2,1H3,(H,11,13,14). The topological polar surface area (TPSA) is 73.3 Å². The normalized spacial score (nSPS) is 10.6. The van der Waals surface area contributed by atoms with Crippen LogP contribution in [0.1, 0.15) is 6.42 Å². The second kappa shape index (κ2) is 6.97. The van der Waals surface area contributed by atoms with Crippen molar-refractivity contribution in [2.24, 2.45) is 0 Å². The lowest BCUT2D eigenvalue weighted by Crippen LogP contribution is -2.29. The van der Waals surface area contributed by atoms with Gasteiger partial charge in [0.1, 0.15) is 0 Å². The second-order valence-corrected chi connectivity index (χ2v) is 3.26. The predicted octanol–water partition coefficient (Wildman–Crippen LogP) is -0.410. The molecule has 1 aromatic heterocycles. The van der Waals surface area contributed by atoms with Crippen molar-refractivity contribution < 1.29 is 9.47 Å². The van der Waals surface area contributed by atoms with E-state index in [0.717, 1.165) is 6.42 Å². The Labute approximate surface area is 92.8 Å². The van der Waals surface area contributed by atoms with Crippen molar-refractivity contribution in [2.45, 2.75) is 13.0 Å². The summed E-state index contributed by atoms with van der Waals surface area (Å²) >= 11 is 0. The number of aromatic nitrogens is 2. The number of rotatable bonds is 7. The molecule has 0 spiro atoms. The largest absolute Gasteiger partial charge is 0.385 e. The molecular formula is C10H16N2O4. The third-order valence-electron chi connectivity index (χ3n) is 2.01. The first kappa shape index (κ1) is 12.7. The van der Waals surface area contributed by atoms with E-state index < -0.39 is 5.69 Å². The molecule has 0 radical (unpaired) electrons.